The molecule has 1 aromatic carbocycles. The Labute approximate surface area is 116 Å². The number of methoxy groups -OCH3 is 1. The van der Waals surface area contributed by atoms with E-state index in [2.05, 4.69) is 0 Å². The van der Waals surface area contributed by atoms with E-state index in [0.717, 1.165) is 5.56 Å². The van der Waals surface area contributed by atoms with Crippen molar-refractivity contribution in [3.8, 4) is 11.5 Å². The fourth-order valence-corrected chi connectivity index (χ4v) is 2.41. The number of fused-ring (bicyclic) bond motifs is 3. The van der Waals surface area contributed by atoms with Crippen molar-refractivity contribution < 1.29 is 13.9 Å². The maximum Gasteiger partial charge on any atom is 0.196 e. The lowest BCUT2D eigenvalue weighted by molar-refractivity contribution is 0.160. The molecule has 0 unspecified atom stereocenters. The Balaban J connectivity index is 2.45. The Morgan fingerprint density at radius 3 is 2.70 bits per heavy atom. The number of aryl methyl sites for hydroxylation is 1. The summed E-state index contributed by atoms with van der Waals surface area (Å²) in [5.41, 5.74) is 0.685. The molecule has 0 fully saturated rings. The van der Waals surface area contributed by atoms with Gasteiger partial charge in [-0.15, -0.1) is 0 Å². The first kappa shape index (κ1) is 12.8. The average molecular weight is 272 g/mol. The van der Waals surface area contributed by atoms with Crippen molar-refractivity contribution in [3.05, 3.63) is 39.8 Å². The zero-order chi connectivity index (χ0) is 14.5. The normalized spacial score (nSPS) is 15.8. The van der Waals surface area contributed by atoms with Gasteiger partial charge < -0.3 is 13.9 Å². The van der Waals surface area contributed by atoms with Gasteiger partial charge in [0.05, 0.1) is 12.7 Å². The summed E-state index contributed by atoms with van der Waals surface area (Å²) in [7, 11) is 1.59. The van der Waals surface area contributed by atoms with Crippen molar-refractivity contribution in [3.63, 3.8) is 0 Å². The van der Waals surface area contributed by atoms with Gasteiger partial charge in [-0.1, -0.05) is 0 Å². The van der Waals surface area contributed by atoms with Crippen LogP contribution in [0.5, 0.6) is 11.5 Å². The first-order valence-corrected chi connectivity index (χ1v) is 6.45. The fraction of sp³-hybridized carbons (Fsp3) is 0.312. The second-order valence-electron chi connectivity index (χ2n) is 5.45. The Bertz CT molecular complexity index is 781. The Morgan fingerprint density at radius 2 is 2.00 bits per heavy atom. The summed E-state index contributed by atoms with van der Waals surface area (Å²) in [6, 6.07) is 3.21. The minimum absolute atomic E-state index is 0.103. The van der Waals surface area contributed by atoms with E-state index in [1.54, 1.807) is 20.1 Å². The highest BCUT2D eigenvalue weighted by atomic mass is 16.5. The van der Waals surface area contributed by atoms with Crippen LogP contribution in [0, 0.1) is 6.92 Å². The SMILES string of the molecule is COc1cc2oc(C)cc(=O)c2c2c1C=CC(C)(C)O2. The van der Waals surface area contributed by atoms with E-state index in [1.165, 1.54) is 6.07 Å². The molecule has 2 aromatic rings. The highest BCUT2D eigenvalue weighted by Gasteiger charge is 2.27. The molecule has 0 N–H and O–H groups in total. The van der Waals surface area contributed by atoms with Crippen LogP contribution >= 0.6 is 0 Å². The molecule has 4 nitrogen and oxygen atoms in total. The van der Waals surface area contributed by atoms with Crippen molar-refractivity contribution in [1.29, 1.82) is 0 Å². The number of rotatable bonds is 1. The molecule has 0 radical (unpaired) electrons. The zero-order valence-electron chi connectivity index (χ0n) is 11.9. The van der Waals surface area contributed by atoms with Crippen LogP contribution in [0.4, 0.5) is 0 Å². The highest BCUT2D eigenvalue weighted by Crippen LogP contribution is 2.41. The van der Waals surface area contributed by atoms with Crippen LogP contribution in [0.1, 0.15) is 25.2 Å². The summed E-state index contributed by atoms with van der Waals surface area (Å²) in [6.07, 6.45) is 3.87. The van der Waals surface area contributed by atoms with Crippen LogP contribution in [0.25, 0.3) is 17.0 Å². The van der Waals surface area contributed by atoms with Crippen molar-refractivity contribution in [2.75, 3.05) is 7.11 Å². The van der Waals surface area contributed by atoms with Gasteiger partial charge in [-0.05, 0) is 32.9 Å². The van der Waals surface area contributed by atoms with Gasteiger partial charge in [-0.2, -0.15) is 0 Å². The molecular formula is C16H16O4. The fourth-order valence-electron chi connectivity index (χ4n) is 2.41. The third-order valence-electron chi connectivity index (χ3n) is 3.33. The van der Waals surface area contributed by atoms with Gasteiger partial charge in [0.15, 0.2) is 5.43 Å². The van der Waals surface area contributed by atoms with Crippen molar-refractivity contribution >= 4 is 17.0 Å². The molecule has 0 atom stereocenters. The third-order valence-corrected chi connectivity index (χ3v) is 3.33. The third kappa shape index (κ3) is 1.88. The molecule has 4 heteroatoms. The number of hydrogen-bond donors (Lipinski definition) is 0. The maximum absolute atomic E-state index is 12.3. The van der Waals surface area contributed by atoms with Crippen LogP contribution in [-0.2, 0) is 0 Å². The molecule has 3 rings (SSSR count). The lowest BCUT2D eigenvalue weighted by Crippen LogP contribution is -2.28. The van der Waals surface area contributed by atoms with E-state index in [9.17, 15) is 4.79 Å². The van der Waals surface area contributed by atoms with Gasteiger partial charge in [-0.3, -0.25) is 4.79 Å². The lowest BCUT2D eigenvalue weighted by Gasteiger charge is -2.29. The monoisotopic (exact) mass is 272 g/mol. The number of benzene rings is 1. The quantitative estimate of drug-likeness (QED) is 0.799. The van der Waals surface area contributed by atoms with Crippen molar-refractivity contribution in [1.82, 2.24) is 0 Å². The zero-order valence-corrected chi connectivity index (χ0v) is 11.9. The predicted octanol–water partition coefficient (Wildman–Crippen LogP) is 3.29. The van der Waals surface area contributed by atoms with Crippen LogP contribution in [-0.4, -0.2) is 12.7 Å². The van der Waals surface area contributed by atoms with E-state index in [0.29, 0.717) is 28.2 Å². The molecule has 0 aliphatic carbocycles. The molecule has 20 heavy (non-hydrogen) atoms. The first-order chi connectivity index (χ1) is 9.41. The number of ether oxygens (including phenoxy) is 2. The Kier molecular flexibility index (Phi) is 2.64. The Hall–Kier alpha value is -2.23. The molecule has 0 saturated heterocycles. The van der Waals surface area contributed by atoms with Gasteiger partial charge in [-0.25, -0.2) is 0 Å². The van der Waals surface area contributed by atoms with E-state index < -0.39 is 5.60 Å². The minimum Gasteiger partial charge on any atom is -0.496 e. The van der Waals surface area contributed by atoms with Gasteiger partial charge in [0.1, 0.15) is 33.8 Å². The summed E-state index contributed by atoms with van der Waals surface area (Å²) in [6.45, 7) is 5.62. The molecule has 104 valence electrons. The van der Waals surface area contributed by atoms with E-state index in [-0.39, 0.29) is 5.43 Å². The lowest BCUT2D eigenvalue weighted by atomic mass is 9.99. The van der Waals surface area contributed by atoms with E-state index >= 15 is 0 Å². The molecule has 2 heterocycles. The first-order valence-electron chi connectivity index (χ1n) is 6.45. The highest BCUT2D eigenvalue weighted by molar-refractivity contribution is 5.91. The van der Waals surface area contributed by atoms with Crippen LogP contribution in [0.15, 0.2) is 27.4 Å². The molecule has 0 spiro atoms. The minimum atomic E-state index is -0.469. The molecule has 0 saturated carbocycles. The summed E-state index contributed by atoms with van der Waals surface area (Å²) in [5.74, 6) is 1.73. The maximum atomic E-state index is 12.3. The standard InChI is InChI=1S/C16H16O4/c1-9-7-11(17)14-13(19-9)8-12(18-4)10-5-6-16(2,3)20-15(10)14/h5-8H,1-4H3. The second kappa shape index (κ2) is 4.13. The molecular weight excluding hydrogens is 256 g/mol. The molecule has 0 bridgehead atoms. The van der Waals surface area contributed by atoms with Crippen molar-refractivity contribution in [2.45, 2.75) is 26.4 Å². The van der Waals surface area contributed by atoms with Crippen LogP contribution in [0.2, 0.25) is 0 Å². The van der Waals surface area contributed by atoms with Crippen LogP contribution < -0.4 is 14.9 Å². The number of hydrogen-bond acceptors (Lipinski definition) is 4. The molecule has 0 amide bonds. The van der Waals surface area contributed by atoms with Gasteiger partial charge in [0, 0.05) is 12.1 Å². The van der Waals surface area contributed by atoms with Gasteiger partial charge in [0.25, 0.3) is 0 Å². The molecule has 1 aliphatic heterocycles. The molecule has 1 aliphatic rings. The Morgan fingerprint density at radius 1 is 1.25 bits per heavy atom. The summed E-state index contributed by atoms with van der Waals surface area (Å²) in [5, 5.41) is 0.462. The van der Waals surface area contributed by atoms with Crippen molar-refractivity contribution in [2.24, 2.45) is 0 Å². The smallest absolute Gasteiger partial charge is 0.196 e. The molecule has 1 aromatic heterocycles. The largest absolute Gasteiger partial charge is 0.496 e. The van der Waals surface area contributed by atoms with E-state index in [1.807, 2.05) is 26.0 Å². The summed E-state index contributed by atoms with van der Waals surface area (Å²) >= 11 is 0. The van der Waals surface area contributed by atoms with Gasteiger partial charge in [0.2, 0.25) is 0 Å². The summed E-state index contributed by atoms with van der Waals surface area (Å²) < 4.78 is 17.0. The average Bonchev–Trinajstić information content (AvgIpc) is 2.35. The van der Waals surface area contributed by atoms with Gasteiger partial charge >= 0.3 is 0 Å². The topological polar surface area (TPSA) is 48.7 Å². The van der Waals surface area contributed by atoms with Crippen LogP contribution in [0.3, 0.4) is 0 Å². The summed E-state index contributed by atoms with van der Waals surface area (Å²) in [4.78, 5) is 12.3. The van der Waals surface area contributed by atoms with E-state index in [4.69, 9.17) is 13.9 Å². The predicted molar refractivity (Wildman–Crippen MR) is 77.5 cm³/mol. The second-order valence-corrected chi connectivity index (χ2v) is 5.45.